The quantitative estimate of drug-likeness (QED) is 0.750. The van der Waals surface area contributed by atoms with Gasteiger partial charge < -0.3 is 10.1 Å². The fourth-order valence-electron chi connectivity index (χ4n) is 3.34. The molecule has 0 radical (unpaired) electrons. The number of nitrogens with one attached hydrogen (secondary N) is 1. The highest BCUT2D eigenvalue weighted by Crippen LogP contribution is 2.39. The molecule has 0 aromatic rings. The summed E-state index contributed by atoms with van der Waals surface area (Å²) < 4.78 is 5.78. The molecule has 2 aliphatic carbocycles. The molecular formula is C14H27NO. The molecule has 0 heterocycles. The van der Waals surface area contributed by atoms with Crippen molar-refractivity contribution >= 4 is 0 Å². The van der Waals surface area contributed by atoms with E-state index in [0.717, 1.165) is 18.4 Å². The summed E-state index contributed by atoms with van der Waals surface area (Å²) in [4.78, 5) is 0. The van der Waals surface area contributed by atoms with Crippen molar-refractivity contribution in [2.45, 2.75) is 64.0 Å². The van der Waals surface area contributed by atoms with Crippen molar-refractivity contribution in [1.82, 2.24) is 5.32 Å². The summed E-state index contributed by atoms with van der Waals surface area (Å²) in [6.45, 7) is 3.29. The van der Waals surface area contributed by atoms with Gasteiger partial charge in [0.1, 0.15) is 0 Å². The second kappa shape index (κ2) is 6.02. The van der Waals surface area contributed by atoms with Crippen LogP contribution in [0, 0.1) is 11.8 Å². The highest BCUT2D eigenvalue weighted by Gasteiger charge is 2.39. The maximum Gasteiger partial charge on any atom is 0.0755 e. The minimum atomic E-state index is 0.475. The molecule has 2 unspecified atom stereocenters. The van der Waals surface area contributed by atoms with Crippen molar-refractivity contribution in [2.75, 3.05) is 13.7 Å². The largest absolute Gasteiger partial charge is 0.380 e. The van der Waals surface area contributed by atoms with E-state index in [1.54, 1.807) is 0 Å². The number of hydrogen-bond donors (Lipinski definition) is 1. The van der Waals surface area contributed by atoms with E-state index in [1.807, 2.05) is 7.11 Å². The molecule has 2 rings (SSSR count). The van der Waals surface area contributed by atoms with E-state index in [0.29, 0.717) is 12.1 Å². The standard InChI is InChI=1S/C14H27NO/c1-3-15-13(11-7-5-4-6-8-11)14(16-2)12-9-10-12/h11-15H,3-10H2,1-2H3. The average Bonchev–Trinajstić information content (AvgIpc) is 3.15. The number of hydrogen-bond acceptors (Lipinski definition) is 2. The fourth-order valence-corrected chi connectivity index (χ4v) is 3.34. The zero-order valence-corrected chi connectivity index (χ0v) is 10.9. The van der Waals surface area contributed by atoms with Crippen molar-refractivity contribution in [3.63, 3.8) is 0 Å². The second-order valence-corrected chi connectivity index (χ2v) is 5.52. The van der Waals surface area contributed by atoms with Crippen molar-refractivity contribution in [3.05, 3.63) is 0 Å². The Morgan fingerprint density at radius 1 is 1.06 bits per heavy atom. The Kier molecular flexibility index (Phi) is 4.66. The average molecular weight is 225 g/mol. The van der Waals surface area contributed by atoms with Crippen LogP contribution in [0.25, 0.3) is 0 Å². The summed E-state index contributed by atoms with van der Waals surface area (Å²) in [5.74, 6) is 1.70. The molecule has 16 heavy (non-hydrogen) atoms. The van der Waals surface area contributed by atoms with Gasteiger partial charge in [-0.1, -0.05) is 26.2 Å². The van der Waals surface area contributed by atoms with E-state index in [1.165, 1.54) is 44.9 Å². The molecule has 1 N–H and O–H groups in total. The van der Waals surface area contributed by atoms with Crippen molar-refractivity contribution in [2.24, 2.45) is 11.8 Å². The molecule has 2 heteroatoms. The number of rotatable bonds is 6. The van der Waals surface area contributed by atoms with Gasteiger partial charge in [0.25, 0.3) is 0 Å². The van der Waals surface area contributed by atoms with Crippen LogP contribution < -0.4 is 5.32 Å². The Labute approximate surface area is 100 Å². The fraction of sp³-hybridized carbons (Fsp3) is 1.00. The summed E-state index contributed by atoms with van der Waals surface area (Å²) in [6.07, 6.45) is 10.3. The van der Waals surface area contributed by atoms with Gasteiger partial charge in [-0.3, -0.25) is 0 Å². The lowest BCUT2D eigenvalue weighted by Gasteiger charge is -2.36. The molecular weight excluding hydrogens is 198 g/mol. The van der Waals surface area contributed by atoms with Crippen LogP contribution in [0.4, 0.5) is 0 Å². The van der Waals surface area contributed by atoms with Gasteiger partial charge in [0.2, 0.25) is 0 Å². The second-order valence-electron chi connectivity index (χ2n) is 5.52. The Morgan fingerprint density at radius 3 is 2.25 bits per heavy atom. The van der Waals surface area contributed by atoms with Crippen LogP contribution in [0.5, 0.6) is 0 Å². The molecule has 2 aliphatic rings. The molecule has 2 saturated carbocycles. The molecule has 0 aromatic carbocycles. The van der Waals surface area contributed by atoms with Crippen LogP contribution in [0.1, 0.15) is 51.9 Å². The smallest absolute Gasteiger partial charge is 0.0755 e. The predicted molar refractivity (Wildman–Crippen MR) is 67.6 cm³/mol. The SMILES string of the molecule is CCNC(C1CCCCC1)C(OC)C1CC1. The lowest BCUT2D eigenvalue weighted by molar-refractivity contribution is 0.0247. The van der Waals surface area contributed by atoms with Crippen LogP contribution >= 0.6 is 0 Å². The van der Waals surface area contributed by atoms with Crippen LogP contribution in [-0.4, -0.2) is 25.8 Å². The van der Waals surface area contributed by atoms with Crippen LogP contribution in [0.3, 0.4) is 0 Å². The summed E-state index contributed by atoms with van der Waals surface area (Å²) in [5, 5.41) is 3.70. The molecule has 0 amide bonds. The zero-order chi connectivity index (χ0) is 11.4. The van der Waals surface area contributed by atoms with Gasteiger partial charge in [0.15, 0.2) is 0 Å². The van der Waals surface area contributed by atoms with Crippen molar-refractivity contribution in [1.29, 1.82) is 0 Å². The Balaban J connectivity index is 1.95. The summed E-state index contributed by atoms with van der Waals surface area (Å²) in [5.41, 5.74) is 0. The van der Waals surface area contributed by atoms with Gasteiger partial charge >= 0.3 is 0 Å². The minimum absolute atomic E-state index is 0.475. The monoisotopic (exact) mass is 225 g/mol. The Hall–Kier alpha value is -0.0800. The summed E-state index contributed by atoms with van der Waals surface area (Å²) in [6, 6.07) is 0.614. The van der Waals surface area contributed by atoms with Gasteiger partial charge in [-0.15, -0.1) is 0 Å². The summed E-state index contributed by atoms with van der Waals surface area (Å²) in [7, 11) is 1.90. The van der Waals surface area contributed by atoms with Gasteiger partial charge in [0.05, 0.1) is 6.10 Å². The first-order valence-corrected chi connectivity index (χ1v) is 7.13. The number of methoxy groups -OCH3 is 1. The van der Waals surface area contributed by atoms with Gasteiger partial charge in [-0.05, 0) is 44.1 Å². The number of ether oxygens (including phenoxy) is 1. The minimum Gasteiger partial charge on any atom is -0.380 e. The Bertz CT molecular complexity index is 197. The molecule has 0 aliphatic heterocycles. The van der Waals surface area contributed by atoms with Crippen molar-refractivity contribution in [3.8, 4) is 0 Å². The highest BCUT2D eigenvalue weighted by atomic mass is 16.5. The molecule has 2 atom stereocenters. The normalized spacial score (nSPS) is 26.6. The molecule has 0 bridgehead atoms. The molecule has 2 fully saturated rings. The molecule has 0 aromatic heterocycles. The van der Waals surface area contributed by atoms with E-state index < -0.39 is 0 Å². The molecule has 0 spiro atoms. The van der Waals surface area contributed by atoms with Gasteiger partial charge in [-0.25, -0.2) is 0 Å². The van der Waals surface area contributed by atoms with E-state index in [-0.39, 0.29) is 0 Å². The van der Waals surface area contributed by atoms with E-state index in [2.05, 4.69) is 12.2 Å². The van der Waals surface area contributed by atoms with E-state index in [4.69, 9.17) is 4.74 Å². The summed E-state index contributed by atoms with van der Waals surface area (Å²) >= 11 is 0. The topological polar surface area (TPSA) is 21.3 Å². The predicted octanol–water partition coefficient (Wildman–Crippen LogP) is 2.97. The third kappa shape index (κ3) is 2.98. The van der Waals surface area contributed by atoms with Crippen LogP contribution in [0.15, 0.2) is 0 Å². The molecule has 94 valence electrons. The number of likely N-dealkylation sites (N-methyl/N-ethyl adjacent to an activating group) is 1. The van der Waals surface area contributed by atoms with Gasteiger partial charge in [0, 0.05) is 13.2 Å². The maximum absolute atomic E-state index is 5.78. The van der Waals surface area contributed by atoms with E-state index >= 15 is 0 Å². The lowest BCUT2D eigenvalue weighted by atomic mass is 9.80. The first kappa shape index (κ1) is 12.4. The van der Waals surface area contributed by atoms with Crippen LogP contribution in [-0.2, 0) is 4.74 Å². The first-order chi connectivity index (χ1) is 7.86. The van der Waals surface area contributed by atoms with Crippen molar-refractivity contribution < 1.29 is 4.74 Å². The molecule has 0 saturated heterocycles. The first-order valence-electron chi connectivity index (χ1n) is 7.13. The highest BCUT2D eigenvalue weighted by molar-refractivity contribution is 4.94. The lowest BCUT2D eigenvalue weighted by Crippen LogP contribution is -2.48. The maximum atomic E-state index is 5.78. The van der Waals surface area contributed by atoms with Gasteiger partial charge in [-0.2, -0.15) is 0 Å². The Morgan fingerprint density at radius 2 is 1.75 bits per heavy atom. The van der Waals surface area contributed by atoms with E-state index in [9.17, 15) is 0 Å². The van der Waals surface area contributed by atoms with Crippen LogP contribution in [0.2, 0.25) is 0 Å². The third-order valence-corrected chi connectivity index (χ3v) is 4.31. The zero-order valence-electron chi connectivity index (χ0n) is 10.9. The molecule has 2 nitrogen and oxygen atoms in total. The third-order valence-electron chi connectivity index (χ3n) is 4.31.